The predicted molar refractivity (Wildman–Crippen MR) is 55.5 cm³/mol. The van der Waals surface area contributed by atoms with Crippen molar-refractivity contribution in [3.05, 3.63) is 24.3 Å². The third kappa shape index (κ3) is 1.90. The van der Waals surface area contributed by atoms with E-state index in [4.69, 9.17) is 0 Å². The number of rotatable bonds is 2. The number of hydrogen-bond acceptors (Lipinski definition) is 1. The molecule has 0 amide bonds. The van der Waals surface area contributed by atoms with Gasteiger partial charge >= 0.3 is 0 Å². The average molecular weight is 178 g/mol. The Hall–Kier alpha value is -0.850. The average Bonchev–Trinajstić information content (AvgIpc) is 2.09. The Bertz CT molecular complexity index is 260. The summed E-state index contributed by atoms with van der Waals surface area (Å²) in [7, 11) is 0. The summed E-state index contributed by atoms with van der Waals surface area (Å²) in [5, 5.41) is 0. The number of hydrogen-bond donors (Lipinski definition) is 0. The zero-order valence-electron chi connectivity index (χ0n) is 8.76. The predicted octanol–water partition coefficient (Wildman–Crippen LogP) is 3.12. The molecule has 72 valence electrons. The molecule has 1 rings (SSSR count). The Kier molecular flexibility index (Phi) is 2.74. The van der Waals surface area contributed by atoms with E-state index in [9.17, 15) is 4.79 Å². The molecule has 0 aromatic rings. The Morgan fingerprint density at radius 2 is 2.23 bits per heavy atom. The number of ketones is 1. The molecule has 0 aromatic heterocycles. The summed E-state index contributed by atoms with van der Waals surface area (Å²) in [6.45, 7) is 10.3. The molecule has 0 heterocycles. The first-order valence-electron chi connectivity index (χ1n) is 4.88. The molecule has 0 aromatic carbocycles. The maximum Gasteiger partial charge on any atom is 0.155 e. The van der Waals surface area contributed by atoms with Gasteiger partial charge in [0, 0.05) is 11.8 Å². The van der Waals surface area contributed by atoms with Crippen LogP contribution in [0.2, 0.25) is 0 Å². The molecule has 0 unspecified atom stereocenters. The van der Waals surface area contributed by atoms with Crippen molar-refractivity contribution >= 4 is 5.78 Å². The molecule has 0 fully saturated rings. The fraction of sp³-hybridized carbons (Fsp3) is 0.583. The molecule has 0 spiro atoms. The molecule has 1 atom stereocenters. The van der Waals surface area contributed by atoms with Gasteiger partial charge in [0.2, 0.25) is 0 Å². The lowest BCUT2D eigenvalue weighted by atomic mass is 9.70. The fourth-order valence-corrected chi connectivity index (χ4v) is 1.98. The lowest BCUT2D eigenvalue weighted by molar-refractivity contribution is -0.115. The number of carbonyl (C=O) groups is 1. The van der Waals surface area contributed by atoms with Crippen molar-refractivity contribution < 1.29 is 4.79 Å². The zero-order chi connectivity index (χ0) is 10.1. The first kappa shape index (κ1) is 10.2. The van der Waals surface area contributed by atoms with E-state index < -0.39 is 0 Å². The Morgan fingerprint density at radius 3 is 2.69 bits per heavy atom. The SMILES string of the molecule is C=C[C@]1(C)CCC(=O)C=C1C(C)C. The maximum atomic E-state index is 11.3. The summed E-state index contributed by atoms with van der Waals surface area (Å²) in [4.78, 5) is 11.3. The van der Waals surface area contributed by atoms with E-state index in [1.807, 2.05) is 12.2 Å². The molecule has 0 bridgehead atoms. The molecule has 13 heavy (non-hydrogen) atoms. The molecular weight excluding hydrogens is 160 g/mol. The topological polar surface area (TPSA) is 17.1 Å². The second-order valence-corrected chi connectivity index (χ2v) is 4.34. The fourth-order valence-electron chi connectivity index (χ4n) is 1.98. The minimum Gasteiger partial charge on any atom is -0.295 e. The Labute approximate surface area is 80.5 Å². The van der Waals surface area contributed by atoms with Crippen molar-refractivity contribution in [3.8, 4) is 0 Å². The highest BCUT2D eigenvalue weighted by molar-refractivity contribution is 5.91. The van der Waals surface area contributed by atoms with Crippen molar-refractivity contribution in [2.24, 2.45) is 11.3 Å². The Morgan fingerprint density at radius 1 is 1.62 bits per heavy atom. The van der Waals surface area contributed by atoms with Crippen LogP contribution in [0.25, 0.3) is 0 Å². The van der Waals surface area contributed by atoms with Crippen molar-refractivity contribution in [3.63, 3.8) is 0 Å². The van der Waals surface area contributed by atoms with E-state index in [0.29, 0.717) is 12.3 Å². The van der Waals surface area contributed by atoms with E-state index in [-0.39, 0.29) is 11.2 Å². The quantitative estimate of drug-likeness (QED) is 0.594. The van der Waals surface area contributed by atoms with Crippen LogP contribution in [0.1, 0.15) is 33.6 Å². The van der Waals surface area contributed by atoms with Gasteiger partial charge in [-0.05, 0) is 18.4 Å². The van der Waals surface area contributed by atoms with Crippen molar-refractivity contribution in [2.75, 3.05) is 0 Å². The molecule has 1 nitrogen and oxygen atoms in total. The van der Waals surface area contributed by atoms with Crippen LogP contribution in [0.4, 0.5) is 0 Å². The zero-order valence-corrected chi connectivity index (χ0v) is 8.76. The standard InChI is InChI=1S/C12H18O/c1-5-12(4)7-6-10(13)8-11(12)9(2)3/h5,8-9H,1,6-7H2,2-4H3/t12-/m1/s1. The minimum absolute atomic E-state index is 0.0437. The van der Waals surface area contributed by atoms with Crippen LogP contribution in [-0.2, 0) is 4.79 Å². The van der Waals surface area contributed by atoms with Crippen molar-refractivity contribution in [1.82, 2.24) is 0 Å². The third-order valence-corrected chi connectivity index (χ3v) is 2.94. The highest BCUT2D eigenvalue weighted by Crippen LogP contribution is 2.40. The summed E-state index contributed by atoms with van der Waals surface area (Å²) in [6.07, 6.45) is 5.37. The highest BCUT2D eigenvalue weighted by Gasteiger charge is 2.31. The molecule has 0 aliphatic heterocycles. The van der Waals surface area contributed by atoms with Crippen LogP contribution in [0.5, 0.6) is 0 Å². The van der Waals surface area contributed by atoms with Crippen LogP contribution in [-0.4, -0.2) is 5.78 Å². The summed E-state index contributed by atoms with van der Waals surface area (Å²) >= 11 is 0. The smallest absolute Gasteiger partial charge is 0.155 e. The van der Waals surface area contributed by atoms with Gasteiger partial charge < -0.3 is 0 Å². The summed E-state index contributed by atoms with van der Waals surface area (Å²) < 4.78 is 0. The van der Waals surface area contributed by atoms with Crippen molar-refractivity contribution in [2.45, 2.75) is 33.6 Å². The summed E-state index contributed by atoms with van der Waals surface area (Å²) in [5.74, 6) is 0.704. The third-order valence-electron chi connectivity index (χ3n) is 2.94. The normalized spacial score (nSPS) is 28.9. The van der Waals surface area contributed by atoms with Gasteiger partial charge in [0.1, 0.15) is 0 Å². The van der Waals surface area contributed by atoms with Gasteiger partial charge in [0.15, 0.2) is 5.78 Å². The molecule has 1 aliphatic carbocycles. The highest BCUT2D eigenvalue weighted by atomic mass is 16.1. The summed E-state index contributed by atoms with van der Waals surface area (Å²) in [5.41, 5.74) is 1.28. The maximum absolute atomic E-state index is 11.3. The Balaban J connectivity index is 3.06. The van der Waals surface area contributed by atoms with E-state index in [1.54, 1.807) is 0 Å². The number of allylic oxidation sites excluding steroid dienone is 3. The van der Waals surface area contributed by atoms with E-state index in [1.165, 1.54) is 5.57 Å². The second-order valence-electron chi connectivity index (χ2n) is 4.34. The van der Waals surface area contributed by atoms with Crippen LogP contribution in [0.15, 0.2) is 24.3 Å². The minimum atomic E-state index is 0.0437. The largest absolute Gasteiger partial charge is 0.295 e. The first-order valence-corrected chi connectivity index (χ1v) is 4.88. The first-order chi connectivity index (χ1) is 5.99. The molecule has 0 radical (unpaired) electrons. The van der Waals surface area contributed by atoms with Gasteiger partial charge in [-0.1, -0.05) is 32.4 Å². The number of carbonyl (C=O) groups excluding carboxylic acids is 1. The van der Waals surface area contributed by atoms with Crippen molar-refractivity contribution in [1.29, 1.82) is 0 Å². The lowest BCUT2D eigenvalue weighted by Gasteiger charge is -2.34. The van der Waals surface area contributed by atoms with Gasteiger partial charge in [-0.25, -0.2) is 0 Å². The molecule has 0 saturated heterocycles. The second kappa shape index (κ2) is 3.49. The van der Waals surface area contributed by atoms with Crippen LogP contribution < -0.4 is 0 Å². The molecule has 1 heteroatoms. The van der Waals surface area contributed by atoms with Gasteiger partial charge in [-0.15, -0.1) is 6.58 Å². The van der Waals surface area contributed by atoms with E-state index >= 15 is 0 Å². The summed E-state index contributed by atoms with van der Waals surface area (Å²) in [6, 6.07) is 0. The molecular formula is C12H18O. The molecule has 0 N–H and O–H groups in total. The van der Waals surface area contributed by atoms with Crippen LogP contribution in [0.3, 0.4) is 0 Å². The molecule has 0 saturated carbocycles. The molecule has 1 aliphatic rings. The lowest BCUT2D eigenvalue weighted by Crippen LogP contribution is -2.25. The van der Waals surface area contributed by atoms with E-state index in [0.717, 1.165) is 6.42 Å². The van der Waals surface area contributed by atoms with Gasteiger partial charge in [-0.3, -0.25) is 4.79 Å². The monoisotopic (exact) mass is 178 g/mol. The van der Waals surface area contributed by atoms with Gasteiger partial charge in [0.25, 0.3) is 0 Å². The van der Waals surface area contributed by atoms with E-state index in [2.05, 4.69) is 27.4 Å². The van der Waals surface area contributed by atoms with Crippen LogP contribution in [0, 0.1) is 11.3 Å². The van der Waals surface area contributed by atoms with Crippen LogP contribution >= 0.6 is 0 Å². The van der Waals surface area contributed by atoms with Gasteiger partial charge in [0.05, 0.1) is 0 Å². The van der Waals surface area contributed by atoms with Gasteiger partial charge in [-0.2, -0.15) is 0 Å².